The number of hydrogen-bond donors (Lipinski definition) is 2. The first-order valence-corrected chi connectivity index (χ1v) is 11.7. The number of furan rings is 1. The summed E-state index contributed by atoms with van der Waals surface area (Å²) in [6.45, 7) is 1.58. The number of thiocarbonyl (C=S) groups is 1. The number of nitrogens with one attached hydrogen (secondary N) is 2. The smallest absolute Gasteiger partial charge is 0.170 e. The number of para-hydroxylation sites is 1. The zero-order chi connectivity index (χ0) is 23.3. The third-order valence-electron chi connectivity index (χ3n) is 5.92. The lowest BCUT2D eigenvalue weighted by Gasteiger charge is -2.26. The van der Waals surface area contributed by atoms with Gasteiger partial charge in [-0.3, -0.25) is 4.98 Å². The molecule has 4 aromatic rings. The fourth-order valence-corrected chi connectivity index (χ4v) is 4.61. The van der Waals surface area contributed by atoms with Crippen LogP contribution in [0.25, 0.3) is 11.3 Å². The van der Waals surface area contributed by atoms with Crippen LogP contribution in [0.2, 0.25) is 0 Å². The Morgan fingerprint density at radius 1 is 0.971 bits per heavy atom. The average Bonchev–Trinajstić information content (AvgIpc) is 3.48. The van der Waals surface area contributed by atoms with Crippen molar-refractivity contribution in [2.75, 3.05) is 18.4 Å². The Morgan fingerprint density at radius 2 is 1.76 bits per heavy atom. The van der Waals surface area contributed by atoms with Gasteiger partial charge in [0, 0.05) is 30.5 Å². The summed E-state index contributed by atoms with van der Waals surface area (Å²) in [6, 6.07) is 26.0. The van der Waals surface area contributed by atoms with Gasteiger partial charge in [0.1, 0.15) is 23.4 Å². The van der Waals surface area contributed by atoms with E-state index in [1.54, 1.807) is 18.3 Å². The van der Waals surface area contributed by atoms with Gasteiger partial charge in [0.15, 0.2) is 5.11 Å². The van der Waals surface area contributed by atoms with Gasteiger partial charge in [-0.2, -0.15) is 0 Å². The Labute approximate surface area is 203 Å². The third-order valence-corrected chi connectivity index (χ3v) is 6.28. The van der Waals surface area contributed by atoms with E-state index in [-0.39, 0.29) is 17.9 Å². The SMILES string of the molecule is Fc1ccc(-c2ccc([C@@H]3[C@H](c4ccccn4)NC(=S)N3CCCNc3ccccc3)o2)cc1. The van der Waals surface area contributed by atoms with Crippen molar-refractivity contribution in [1.29, 1.82) is 0 Å². The van der Waals surface area contributed by atoms with Crippen LogP contribution in [0, 0.1) is 5.82 Å². The third kappa shape index (κ3) is 4.79. The average molecular weight is 473 g/mol. The maximum atomic E-state index is 13.4. The van der Waals surface area contributed by atoms with Crippen LogP contribution < -0.4 is 10.6 Å². The van der Waals surface area contributed by atoms with Crippen molar-refractivity contribution < 1.29 is 8.81 Å². The molecule has 0 bridgehead atoms. The highest BCUT2D eigenvalue weighted by atomic mass is 32.1. The van der Waals surface area contributed by atoms with E-state index in [0.29, 0.717) is 10.9 Å². The van der Waals surface area contributed by atoms with Crippen LogP contribution in [-0.4, -0.2) is 28.1 Å². The molecule has 2 N–H and O–H groups in total. The monoisotopic (exact) mass is 472 g/mol. The van der Waals surface area contributed by atoms with E-state index in [9.17, 15) is 4.39 Å². The largest absolute Gasteiger partial charge is 0.459 e. The molecule has 0 aliphatic carbocycles. The second kappa shape index (κ2) is 10.1. The van der Waals surface area contributed by atoms with E-state index in [1.807, 2.05) is 48.5 Å². The summed E-state index contributed by atoms with van der Waals surface area (Å²) < 4.78 is 19.7. The second-order valence-electron chi connectivity index (χ2n) is 8.18. The van der Waals surface area contributed by atoms with Crippen LogP contribution in [0.5, 0.6) is 0 Å². The maximum Gasteiger partial charge on any atom is 0.170 e. The summed E-state index contributed by atoms with van der Waals surface area (Å²) in [5.41, 5.74) is 2.83. The number of pyridine rings is 1. The van der Waals surface area contributed by atoms with Gasteiger partial charge in [0.05, 0.1) is 11.7 Å². The van der Waals surface area contributed by atoms with Gasteiger partial charge in [-0.1, -0.05) is 24.3 Å². The molecule has 0 amide bonds. The second-order valence-corrected chi connectivity index (χ2v) is 8.56. The van der Waals surface area contributed by atoms with E-state index in [1.165, 1.54) is 12.1 Å². The van der Waals surface area contributed by atoms with Crippen LogP contribution in [0.4, 0.5) is 10.1 Å². The molecule has 0 saturated carbocycles. The van der Waals surface area contributed by atoms with Crippen LogP contribution in [-0.2, 0) is 0 Å². The molecule has 1 saturated heterocycles. The molecule has 2 aromatic heterocycles. The van der Waals surface area contributed by atoms with Gasteiger partial charge >= 0.3 is 0 Å². The molecule has 5 nitrogen and oxygen atoms in total. The Kier molecular flexibility index (Phi) is 6.53. The minimum atomic E-state index is -0.272. The Hall–Kier alpha value is -3.71. The molecule has 5 rings (SSSR count). The fraction of sp³-hybridized carbons (Fsp3) is 0.185. The molecule has 0 unspecified atom stereocenters. The van der Waals surface area contributed by atoms with Gasteiger partial charge in [0.25, 0.3) is 0 Å². The van der Waals surface area contributed by atoms with Gasteiger partial charge in [-0.15, -0.1) is 0 Å². The van der Waals surface area contributed by atoms with Gasteiger partial charge in [-0.25, -0.2) is 4.39 Å². The minimum Gasteiger partial charge on any atom is -0.459 e. The minimum absolute atomic E-state index is 0.136. The summed E-state index contributed by atoms with van der Waals surface area (Å²) in [5.74, 6) is 1.21. The lowest BCUT2D eigenvalue weighted by atomic mass is 10.0. The van der Waals surface area contributed by atoms with E-state index in [0.717, 1.165) is 42.2 Å². The molecule has 2 aromatic carbocycles. The summed E-state index contributed by atoms with van der Waals surface area (Å²) in [4.78, 5) is 6.75. The van der Waals surface area contributed by atoms with Gasteiger partial charge < -0.3 is 20.0 Å². The standard InChI is InChI=1S/C27H25FN4OS/c28-20-12-10-19(11-13-20)23-14-15-24(33-23)26-25(22-9-4-5-16-30-22)31-27(34)32(26)18-6-17-29-21-7-2-1-3-8-21/h1-5,7-16,25-26,29H,6,17-18H2,(H,31,34)/t25-,26+/m0/s1. The molecule has 1 fully saturated rings. The Bertz CT molecular complexity index is 1230. The number of benzene rings is 2. The maximum absolute atomic E-state index is 13.4. The summed E-state index contributed by atoms with van der Waals surface area (Å²) in [6.07, 6.45) is 2.68. The van der Waals surface area contributed by atoms with E-state index < -0.39 is 0 Å². The van der Waals surface area contributed by atoms with Crippen molar-refractivity contribution in [2.45, 2.75) is 18.5 Å². The molecule has 0 spiro atoms. The molecule has 1 aliphatic heterocycles. The molecule has 172 valence electrons. The first-order chi connectivity index (χ1) is 16.7. The molecule has 0 radical (unpaired) electrons. The number of aromatic nitrogens is 1. The fourth-order valence-electron chi connectivity index (χ4n) is 4.27. The zero-order valence-electron chi connectivity index (χ0n) is 18.5. The Balaban J connectivity index is 1.37. The molecule has 34 heavy (non-hydrogen) atoms. The van der Waals surface area contributed by atoms with Crippen LogP contribution in [0.1, 0.15) is 30.0 Å². The van der Waals surface area contributed by atoms with Crippen molar-refractivity contribution in [1.82, 2.24) is 15.2 Å². The number of nitrogens with zero attached hydrogens (tertiary/aromatic N) is 2. The van der Waals surface area contributed by atoms with E-state index >= 15 is 0 Å². The van der Waals surface area contributed by atoms with Crippen molar-refractivity contribution >= 4 is 23.0 Å². The summed E-state index contributed by atoms with van der Waals surface area (Å²) in [7, 11) is 0. The lowest BCUT2D eigenvalue weighted by molar-refractivity contribution is 0.274. The number of hydrogen-bond acceptors (Lipinski definition) is 4. The van der Waals surface area contributed by atoms with E-state index in [2.05, 4.69) is 32.7 Å². The van der Waals surface area contributed by atoms with Crippen LogP contribution in [0.15, 0.2) is 95.5 Å². The number of rotatable bonds is 8. The number of halogens is 1. The highest BCUT2D eigenvalue weighted by Gasteiger charge is 2.41. The predicted octanol–water partition coefficient (Wildman–Crippen LogP) is 5.96. The number of anilines is 1. The molecule has 1 aliphatic rings. The van der Waals surface area contributed by atoms with Crippen LogP contribution >= 0.6 is 12.2 Å². The highest BCUT2D eigenvalue weighted by molar-refractivity contribution is 7.80. The Morgan fingerprint density at radius 3 is 2.53 bits per heavy atom. The highest BCUT2D eigenvalue weighted by Crippen LogP contribution is 2.40. The lowest BCUT2D eigenvalue weighted by Crippen LogP contribution is -2.31. The topological polar surface area (TPSA) is 53.3 Å². The van der Waals surface area contributed by atoms with Gasteiger partial charge in [-0.05, 0) is 79.3 Å². The van der Waals surface area contributed by atoms with E-state index in [4.69, 9.17) is 16.6 Å². The first-order valence-electron chi connectivity index (χ1n) is 11.3. The predicted molar refractivity (Wildman–Crippen MR) is 136 cm³/mol. The van der Waals surface area contributed by atoms with Crippen LogP contribution in [0.3, 0.4) is 0 Å². The first kappa shape index (κ1) is 22.1. The molecule has 2 atom stereocenters. The quantitative estimate of drug-likeness (QED) is 0.244. The molecule has 3 heterocycles. The molecule has 7 heteroatoms. The van der Waals surface area contributed by atoms with Gasteiger partial charge in [0.2, 0.25) is 0 Å². The summed E-state index contributed by atoms with van der Waals surface area (Å²) in [5, 5.41) is 7.58. The normalized spacial score (nSPS) is 17.6. The van der Waals surface area contributed by atoms with Crippen molar-refractivity contribution in [3.05, 3.63) is 108 Å². The van der Waals surface area contributed by atoms with Crippen molar-refractivity contribution in [3.8, 4) is 11.3 Å². The zero-order valence-corrected chi connectivity index (χ0v) is 19.3. The van der Waals surface area contributed by atoms with Crippen molar-refractivity contribution in [2.24, 2.45) is 0 Å². The molecular formula is C27H25FN4OS. The summed E-state index contributed by atoms with van der Waals surface area (Å²) >= 11 is 5.74. The molecular weight excluding hydrogens is 447 g/mol. The van der Waals surface area contributed by atoms with Crippen molar-refractivity contribution in [3.63, 3.8) is 0 Å².